The summed E-state index contributed by atoms with van der Waals surface area (Å²) < 4.78 is 21.7. The van der Waals surface area contributed by atoms with E-state index in [0.717, 1.165) is 26.1 Å². The summed E-state index contributed by atoms with van der Waals surface area (Å²) in [5, 5.41) is 8.88. The van der Waals surface area contributed by atoms with Crippen molar-refractivity contribution in [2.45, 2.75) is 6.42 Å². The van der Waals surface area contributed by atoms with Crippen molar-refractivity contribution in [3.63, 3.8) is 0 Å². The number of rotatable bonds is 3. The minimum Gasteiger partial charge on any atom is -0.396 e. The van der Waals surface area contributed by atoms with E-state index in [2.05, 4.69) is 4.90 Å². The molecule has 1 saturated heterocycles. The molecular weight excluding hydrogens is 250 g/mol. The maximum absolute atomic E-state index is 8.88. The van der Waals surface area contributed by atoms with Crippen LogP contribution >= 0.6 is 0 Å². The van der Waals surface area contributed by atoms with Gasteiger partial charge >= 0.3 is 0 Å². The Kier molecular flexibility index (Phi) is 11.3. The largest absolute Gasteiger partial charge is 0.396 e. The molecule has 0 aromatic heterocycles. The molecule has 0 atom stereocenters. The molecule has 114 valence electrons. The summed E-state index contributed by atoms with van der Waals surface area (Å²) in [4.78, 5) is 2.25. The Hall–Kier alpha value is -0.240. The summed E-state index contributed by atoms with van der Waals surface area (Å²) in [6.45, 7) is 7.84. The first-order valence-electron chi connectivity index (χ1n) is 7.07. The predicted molar refractivity (Wildman–Crippen MR) is 71.4 cm³/mol. The molecule has 1 aliphatic rings. The monoisotopic (exact) mass is 277 g/mol. The molecule has 0 aliphatic carbocycles. The maximum atomic E-state index is 8.88. The van der Waals surface area contributed by atoms with Gasteiger partial charge in [-0.25, -0.2) is 0 Å². The highest BCUT2D eigenvalue weighted by molar-refractivity contribution is 4.57. The minimum atomic E-state index is 0.222. The molecule has 1 rings (SSSR count). The van der Waals surface area contributed by atoms with Crippen LogP contribution in [-0.2, 0) is 18.9 Å². The lowest BCUT2D eigenvalue weighted by atomic mass is 10.4. The molecule has 0 unspecified atom stereocenters. The third-order valence-electron chi connectivity index (χ3n) is 2.85. The van der Waals surface area contributed by atoms with Gasteiger partial charge < -0.3 is 24.1 Å². The minimum absolute atomic E-state index is 0.222. The van der Waals surface area contributed by atoms with Gasteiger partial charge in [-0.1, -0.05) is 0 Å². The van der Waals surface area contributed by atoms with Crippen LogP contribution in [0.5, 0.6) is 0 Å². The zero-order valence-electron chi connectivity index (χ0n) is 11.7. The summed E-state index contributed by atoms with van der Waals surface area (Å²) >= 11 is 0. The number of nitrogens with zero attached hydrogens (tertiary/aromatic N) is 1. The molecule has 0 aromatic rings. The smallest absolute Gasteiger partial charge is 0.0701 e. The highest BCUT2D eigenvalue weighted by Gasteiger charge is 2.05. The fourth-order valence-electron chi connectivity index (χ4n) is 1.78. The summed E-state index contributed by atoms with van der Waals surface area (Å²) in [5.74, 6) is 0. The summed E-state index contributed by atoms with van der Waals surface area (Å²) in [6, 6.07) is 0. The Morgan fingerprint density at radius 1 is 0.684 bits per heavy atom. The fourth-order valence-corrected chi connectivity index (χ4v) is 1.78. The molecule has 1 aliphatic heterocycles. The van der Waals surface area contributed by atoms with Crippen LogP contribution in [0.1, 0.15) is 6.42 Å². The van der Waals surface area contributed by atoms with Crippen LogP contribution in [0.15, 0.2) is 0 Å². The van der Waals surface area contributed by atoms with Crippen molar-refractivity contribution in [1.82, 2.24) is 4.90 Å². The number of hydrogen-bond donors (Lipinski definition) is 1. The average Bonchev–Trinajstić information content (AvgIpc) is 2.44. The van der Waals surface area contributed by atoms with Gasteiger partial charge in [0, 0.05) is 26.2 Å². The van der Waals surface area contributed by atoms with Crippen LogP contribution in [0.3, 0.4) is 0 Å². The van der Waals surface area contributed by atoms with Gasteiger partial charge in [-0.3, -0.25) is 4.90 Å². The Morgan fingerprint density at radius 3 is 1.53 bits per heavy atom. The van der Waals surface area contributed by atoms with E-state index in [1.165, 1.54) is 0 Å². The van der Waals surface area contributed by atoms with Gasteiger partial charge in [0.05, 0.1) is 52.9 Å². The highest BCUT2D eigenvalue weighted by Crippen LogP contribution is 1.94. The van der Waals surface area contributed by atoms with E-state index < -0.39 is 0 Å². The van der Waals surface area contributed by atoms with Crippen molar-refractivity contribution in [3.8, 4) is 0 Å². The number of hydrogen-bond acceptors (Lipinski definition) is 6. The zero-order chi connectivity index (χ0) is 13.6. The van der Waals surface area contributed by atoms with E-state index in [9.17, 15) is 0 Å². The molecular formula is C13H27NO5. The second kappa shape index (κ2) is 12.8. The second-order valence-corrected chi connectivity index (χ2v) is 4.37. The first-order chi connectivity index (χ1) is 9.43. The van der Waals surface area contributed by atoms with Gasteiger partial charge in [0.1, 0.15) is 0 Å². The average molecular weight is 277 g/mol. The second-order valence-electron chi connectivity index (χ2n) is 4.37. The van der Waals surface area contributed by atoms with Crippen LogP contribution in [0, 0.1) is 0 Å². The Balaban J connectivity index is 2.21. The number of aliphatic hydroxyl groups is 1. The molecule has 6 nitrogen and oxygen atoms in total. The van der Waals surface area contributed by atoms with E-state index in [4.69, 9.17) is 24.1 Å². The molecule has 1 heterocycles. The molecule has 0 aromatic carbocycles. The molecule has 1 N–H and O–H groups in total. The summed E-state index contributed by atoms with van der Waals surface area (Å²) in [5.41, 5.74) is 0. The van der Waals surface area contributed by atoms with Gasteiger partial charge in [-0.05, 0) is 6.42 Å². The van der Waals surface area contributed by atoms with E-state index in [1.54, 1.807) is 0 Å². The SMILES string of the molecule is OCCCN1CCOCCOCCOCCOCC1. The van der Waals surface area contributed by atoms with Gasteiger partial charge in [0.15, 0.2) is 0 Å². The third kappa shape index (κ3) is 10.2. The quantitative estimate of drug-likeness (QED) is 0.768. The van der Waals surface area contributed by atoms with Crippen molar-refractivity contribution < 1.29 is 24.1 Å². The highest BCUT2D eigenvalue weighted by atomic mass is 16.6. The lowest BCUT2D eigenvalue weighted by Crippen LogP contribution is -2.32. The molecule has 6 heteroatoms. The van der Waals surface area contributed by atoms with Gasteiger partial charge in [-0.2, -0.15) is 0 Å². The molecule has 0 radical (unpaired) electrons. The number of ether oxygens (including phenoxy) is 4. The lowest BCUT2D eigenvalue weighted by Gasteiger charge is -2.21. The Bertz CT molecular complexity index is 178. The van der Waals surface area contributed by atoms with E-state index in [0.29, 0.717) is 52.9 Å². The van der Waals surface area contributed by atoms with Crippen LogP contribution in [-0.4, -0.2) is 89.1 Å². The van der Waals surface area contributed by atoms with Crippen LogP contribution in [0.25, 0.3) is 0 Å². The molecule has 0 bridgehead atoms. The molecule has 0 amide bonds. The Morgan fingerprint density at radius 2 is 1.11 bits per heavy atom. The standard InChI is InChI=1S/C13H27NO5/c15-5-1-2-14-3-6-16-8-10-18-12-13-19-11-9-17-7-4-14/h15H,1-13H2. The molecule has 19 heavy (non-hydrogen) atoms. The first kappa shape index (κ1) is 16.8. The topological polar surface area (TPSA) is 60.4 Å². The zero-order valence-corrected chi connectivity index (χ0v) is 11.7. The Labute approximate surface area is 115 Å². The predicted octanol–water partition coefficient (Wildman–Crippen LogP) is -0.249. The molecule has 0 spiro atoms. The van der Waals surface area contributed by atoms with Crippen molar-refractivity contribution >= 4 is 0 Å². The van der Waals surface area contributed by atoms with Crippen molar-refractivity contribution in [1.29, 1.82) is 0 Å². The van der Waals surface area contributed by atoms with E-state index in [-0.39, 0.29) is 6.61 Å². The normalized spacial score (nSPS) is 22.6. The number of aliphatic hydroxyl groups excluding tert-OH is 1. The third-order valence-corrected chi connectivity index (χ3v) is 2.85. The summed E-state index contributed by atoms with van der Waals surface area (Å²) in [7, 11) is 0. The van der Waals surface area contributed by atoms with Gasteiger partial charge in [0.25, 0.3) is 0 Å². The van der Waals surface area contributed by atoms with Gasteiger partial charge in [-0.15, -0.1) is 0 Å². The van der Waals surface area contributed by atoms with Crippen molar-refractivity contribution in [2.75, 3.05) is 79.1 Å². The summed E-state index contributed by atoms with van der Waals surface area (Å²) in [6.07, 6.45) is 0.784. The first-order valence-corrected chi connectivity index (χ1v) is 7.07. The molecule has 0 saturated carbocycles. The van der Waals surface area contributed by atoms with Crippen LogP contribution in [0.2, 0.25) is 0 Å². The van der Waals surface area contributed by atoms with E-state index >= 15 is 0 Å². The van der Waals surface area contributed by atoms with Crippen LogP contribution in [0.4, 0.5) is 0 Å². The van der Waals surface area contributed by atoms with Crippen molar-refractivity contribution in [2.24, 2.45) is 0 Å². The van der Waals surface area contributed by atoms with Crippen LogP contribution < -0.4 is 0 Å². The lowest BCUT2D eigenvalue weighted by molar-refractivity contribution is 0.00206. The maximum Gasteiger partial charge on any atom is 0.0701 e. The van der Waals surface area contributed by atoms with E-state index in [1.807, 2.05) is 0 Å². The van der Waals surface area contributed by atoms with Crippen molar-refractivity contribution in [3.05, 3.63) is 0 Å². The fraction of sp³-hybridized carbons (Fsp3) is 1.00. The van der Waals surface area contributed by atoms with Gasteiger partial charge in [0.2, 0.25) is 0 Å². The molecule has 1 fully saturated rings.